The number of nitrogens with zero attached hydrogens (tertiary/aromatic N) is 7. The van der Waals surface area contributed by atoms with Crippen LogP contribution in [0.4, 0.5) is 0 Å². The Morgan fingerprint density at radius 1 is 0.815 bits per heavy atom. The minimum absolute atomic E-state index is 0.0420. The monoisotopic (exact) mass is 369 g/mol. The summed E-state index contributed by atoms with van der Waals surface area (Å²) in [7, 11) is 0. The van der Waals surface area contributed by atoms with E-state index >= 15 is 0 Å². The van der Waals surface area contributed by atoms with Gasteiger partial charge in [0.05, 0.1) is 41.7 Å². The first kappa shape index (κ1) is 19.3. The van der Waals surface area contributed by atoms with Crippen LogP contribution in [-0.4, -0.2) is 34.3 Å². The summed E-state index contributed by atoms with van der Waals surface area (Å²) in [5, 5.41) is 13.2. The summed E-state index contributed by atoms with van der Waals surface area (Å²) in [5.41, 5.74) is 1.93. The van der Waals surface area contributed by atoms with Gasteiger partial charge in [-0.3, -0.25) is 4.68 Å². The van der Waals surface area contributed by atoms with Crippen molar-refractivity contribution < 1.29 is 0 Å². The van der Waals surface area contributed by atoms with Crippen LogP contribution in [-0.2, 0) is 29.5 Å². The fourth-order valence-electron chi connectivity index (χ4n) is 3.23. The first-order valence-electron chi connectivity index (χ1n) is 9.42. The van der Waals surface area contributed by atoms with E-state index in [-0.39, 0.29) is 16.6 Å². The van der Waals surface area contributed by atoms with Crippen LogP contribution in [0.5, 0.6) is 0 Å². The second kappa shape index (κ2) is 6.62. The third kappa shape index (κ3) is 4.28. The standard InChI is InChI=1S/C20H31N7/c1-18(2,3)25-14-17(21-15-25)11-19(4,5)26-13-16(12-24-26)10-20(6,7)27-22-8-9-23-27/h8-9,12-15H,10-11H2,1-7H3. The van der Waals surface area contributed by atoms with Crippen LogP contribution in [0.1, 0.15) is 59.7 Å². The topological polar surface area (TPSA) is 66.3 Å². The molecule has 0 radical (unpaired) electrons. The van der Waals surface area contributed by atoms with Crippen molar-refractivity contribution in [1.29, 1.82) is 0 Å². The van der Waals surface area contributed by atoms with Crippen molar-refractivity contribution in [2.24, 2.45) is 0 Å². The van der Waals surface area contributed by atoms with Crippen LogP contribution in [0.25, 0.3) is 0 Å². The Bertz CT molecular complexity index is 876. The van der Waals surface area contributed by atoms with E-state index in [4.69, 9.17) is 0 Å². The highest BCUT2D eigenvalue weighted by atomic mass is 15.5. The maximum absolute atomic E-state index is 4.64. The molecular formula is C20H31N7. The molecule has 7 heteroatoms. The summed E-state index contributed by atoms with van der Waals surface area (Å²) in [4.78, 5) is 6.35. The van der Waals surface area contributed by atoms with E-state index in [1.807, 2.05) is 17.2 Å². The van der Waals surface area contributed by atoms with E-state index in [1.54, 1.807) is 17.2 Å². The maximum Gasteiger partial charge on any atom is 0.0954 e. The van der Waals surface area contributed by atoms with Crippen molar-refractivity contribution in [3.63, 3.8) is 0 Å². The molecule has 0 saturated heterocycles. The summed E-state index contributed by atoms with van der Waals surface area (Å²) in [6.07, 6.45) is 13.2. The molecule has 0 aliphatic heterocycles. The van der Waals surface area contributed by atoms with Crippen LogP contribution in [0, 0.1) is 0 Å². The second-order valence-corrected chi connectivity index (χ2v) is 9.53. The SMILES string of the molecule is CC(C)(C)n1cnc(CC(C)(C)n2cc(CC(C)(C)n3nccn3)cn2)c1. The summed E-state index contributed by atoms with van der Waals surface area (Å²) in [6, 6.07) is 0. The maximum atomic E-state index is 4.64. The second-order valence-electron chi connectivity index (χ2n) is 9.53. The Morgan fingerprint density at radius 2 is 1.48 bits per heavy atom. The molecule has 27 heavy (non-hydrogen) atoms. The van der Waals surface area contributed by atoms with Gasteiger partial charge in [-0.2, -0.15) is 20.1 Å². The van der Waals surface area contributed by atoms with Crippen molar-refractivity contribution in [3.8, 4) is 0 Å². The van der Waals surface area contributed by atoms with Crippen molar-refractivity contribution in [2.45, 2.75) is 77.9 Å². The minimum Gasteiger partial charge on any atom is -0.332 e. The number of hydrogen-bond donors (Lipinski definition) is 0. The fourth-order valence-corrected chi connectivity index (χ4v) is 3.23. The molecule has 0 aliphatic rings. The average molecular weight is 370 g/mol. The molecule has 3 rings (SSSR count). The lowest BCUT2D eigenvalue weighted by Gasteiger charge is -2.25. The van der Waals surface area contributed by atoms with Gasteiger partial charge in [0.2, 0.25) is 0 Å². The van der Waals surface area contributed by atoms with E-state index in [0.29, 0.717) is 0 Å². The average Bonchev–Trinajstić information content (AvgIpc) is 3.27. The van der Waals surface area contributed by atoms with Crippen LogP contribution < -0.4 is 0 Å². The van der Waals surface area contributed by atoms with Gasteiger partial charge in [0.15, 0.2) is 0 Å². The normalized spacial score (nSPS) is 13.3. The van der Waals surface area contributed by atoms with Crippen LogP contribution >= 0.6 is 0 Å². The predicted molar refractivity (Wildman–Crippen MR) is 106 cm³/mol. The van der Waals surface area contributed by atoms with Gasteiger partial charge in [0, 0.05) is 30.8 Å². The number of hydrogen-bond acceptors (Lipinski definition) is 4. The molecule has 0 aliphatic carbocycles. The summed E-state index contributed by atoms with van der Waals surface area (Å²) in [6.45, 7) is 15.2. The Hall–Kier alpha value is -2.44. The highest BCUT2D eigenvalue weighted by molar-refractivity contribution is 5.11. The molecule has 3 heterocycles. The third-order valence-electron chi connectivity index (χ3n) is 4.88. The molecule has 0 atom stereocenters. The third-order valence-corrected chi connectivity index (χ3v) is 4.88. The van der Waals surface area contributed by atoms with Crippen molar-refractivity contribution in [1.82, 2.24) is 34.3 Å². The van der Waals surface area contributed by atoms with Crippen LogP contribution in [0.15, 0.2) is 37.3 Å². The van der Waals surface area contributed by atoms with Gasteiger partial charge in [-0.15, -0.1) is 0 Å². The summed E-state index contributed by atoms with van der Waals surface area (Å²) in [5.74, 6) is 0. The Balaban J connectivity index is 1.73. The van der Waals surface area contributed by atoms with Gasteiger partial charge in [0.25, 0.3) is 0 Å². The van der Waals surface area contributed by atoms with Gasteiger partial charge in [-0.25, -0.2) is 4.98 Å². The van der Waals surface area contributed by atoms with Crippen LogP contribution in [0.3, 0.4) is 0 Å². The number of rotatable bonds is 6. The molecule has 0 unspecified atom stereocenters. The highest BCUT2D eigenvalue weighted by Gasteiger charge is 2.27. The molecule has 0 spiro atoms. The summed E-state index contributed by atoms with van der Waals surface area (Å²) >= 11 is 0. The molecule has 0 fully saturated rings. The van der Waals surface area contributed by atoms with E-state index in [9.17, 15) is 0 Å². The quantitative estimate of drug-likeness (QED) is 0.668. The molecule has 0 N–H and O–H groups in total. The minimum atomic E-state index is -0.201. The molecular weight excluding hydrogens is 338 g/mol. The van der Waals surface area contributed by atoms with Crippen molar-refractivity contribution in [3.05, 3.63) is 48.6 Å². The first-order chi connectivity index (χ1) is 12.5. The lowest BCUT2D eigenvalue weighted by atomic mass is 9.97. The molecule has 0 aromatic carbocycles. The molecule has 0 bridgehead atoms. The zero-order valence-electron chi connectivity index (χ0n) is 17.5. The summed E-state index contributed by atoms with van der Waals surface area (Å²) < 4.78 is 4.21. The molecule has 146 valence electrons. The molecule has 3 aromatic rings. The first-order valence-corrected chi connectivity index (χ1v) is 9.42. The lowest BCUT2D eigenvalue weighted by Crippen LogP contribution is -2.31. The van der Waals surface area contributed by atoms with Crippen molar-refractivity contribution >= 4 is 0 Å². The van der Waals surface area contributed by atoms with E-state index in [0.717, 1.165) is 18.5 Å². The Morgan fingerprint density at radius 3 is 2.07 bits per heavy atom. The molecule has 7 nitrogen and oxygen atoms in total. The van der Waals surface area contributed by atoms with Gasteiger partial charge in [0.1, 0.15) is 0 Å². The van der Waals surface area contributed by atoms with E-state index < -0.39 is 0 Å². The fraction of sp³-hybridized carbons (Fsp3) is 0.600. The number of imidazole rings is 1. The van der Waals surface area contributed by atoms with Gasteiger partial charge < -0.3 is 4.57 Å². The van der Waals surface area contributed by atoms with Crippen LogP contribution in [0.2, 0.25) is 0 Å². The van der Waals surface area contributed by atoms with E-state index in [2.05, 4.69) is 85.7 Å². The zero-order chi connectivity index (χ0) is 19.9. The van der Waals surface area contributed by atoms with E-state index in [1.165, 1.54) is 5.56 Å². The molecule has 0 saturated carbocycles. The van der Waals surface area contributed by atoms with Gasteiger partial charge in [-0.05, 0) is 54.0 Å². The van der Waals surface area contributed by atoms with Gasteiger partial charge in [-0.1, -0.05) is 0 Å². The lowest BCUT2D eigenvalue weighted by molar-refractivity contribution is 0.278. The molecule has 0 amide bonds. The highest BCUT2D eigenvalue weighted by Crippen LogP contribution is 2.24. The Kier molecular flexibility index (Phi) is 4.74. The molecule has 3 aromatic heterocycles. The zero-order valence-corrected chi connectivity index (χ0v) is 17.5. The van der Waals surface area contributed by atoms with Gasteiger partial charge >= 0.3 is 0 Å². The van der Waals surface area contributed by atoms with Crippen molar-refractivity contribution in [2.75, 3.05) is 0 Å². The smallest absolute Gasteiger partial charge is 0.0954 e. The number of aromatic nitrogens is 7. The Labute approximate surface area is 161 Å². The predicted octanol–water partition coefficient (Wildman–Crippen LogP) is 3.38. The largest absolute Gasteiger partial charge is 0.332 e.